The molecule has 1 aromatic carbocycles. The van der Waals surface area contributed by atoms with Crippen molar-refractivity contribution in [3.05, 3.63) is 47.5 Å². The summed E-state index contributed by atoms with van der Waals surface area (Å²) in [5.74, 6) is -0.346. The van der Waals surface area contributed by atoms with E-state index in [1.165, 1.54) is 5.57 Å². The Bertz CT molecular complexity index is 666. The Morgan fingerprint density at radius 1 is 1.31 bits per heavy atom. The predicted octanol–water partition coefficient (Wildman–Crippen LogP) is 4.13. The molecular formula is C22H30O4. The van der Waals surface area contributed by atoms with Crippen LogP contribution in [0.25, 0.3) is 0 Å². The highest BCUT2D eigenvalue weighted by molar-refractivity contribution is 5.89. The molecule has 0 radical (unpaired) electrons. The Morgan fingerprint density at radius 2 is 2.00 bits per heavy atom. The van der Waals surface area contributed by atoms with Gasteiger partial charge in [0, 0.05) is 12.3 Å². The Kier molecular flexibility index (Phi) is 5.54. The lowest BCUT2D eigenvalue weighted by atomic mass is 9.79. The van der Waals surface area contributed by atoms with Gasteiger partial charge in [-0.3, -0.25) is 0 Å². The Morgan fingerprint density at radius 3 is 2.65 bits per heavy atom. The van der Waals surface area contributed by atoms with Crippen LogP contribution in [0.3, 0.4) is 0 Å². The molecule has 142 valence electrons. The van der Waals surface area contributed by atoms with Gasteiger partial charge in [0.05, 0.1) is 23.4 Å². The molecule has 1 aliphatic carbocycles. The highest BCUT2D eigenvalue weighted by Gasteiger charge is 2.54. The summed E-state index contributed by atoms with van der Waals surface area (Å²) in [6, 6.07) is 9.03. The van der Waals surface area contributed by atoms with Crippen LogP contribution >= 0.6 is 0 Å². The first-order valence-corrected chi connectivity index (χ1v) is 9.59. The van der Waals surface area contributed by atoms with E-state index in [1.807, 2.05) is 24.3 Å². The number of fused-ring (bicyclic) bond motifs is 1. The number of carbonyl (C=O) groups excluding carboxylic acids is 1. The Balaban J connectivity index is 1.87. The number of allylic oxidation sites excluding steroid dienone is 1. The monoisotopic (exact) mass is 358 g/mol. The smallest absolute Gasteiger partial charge is 0.338 e. The van der Waals surface area contributed by atoms with Crippen molar-refractivity contribution in [1.82, 2.24) is 0 Å². The summed E-state index contributed by atoms with van der Waals surface area (Å²) >= 11 is 0. The molecule has 5 unspecified atom stereocenters. The van der Waals surface area contributed by atoms with Gasteiger partial charge in [-0.25, -0.2) is 4.79 Å². The number of hydrogen-bond donors (Lipinski definition) is 1. The summed E-state index contributed by atoms with van der Waals surface area (Å²) in [5, 5.41) is 11.0. The van der Waals surface area contributed by atoms with Gasteiger partial charge < -0.3 is 14.6 Å². The van der Waals surface area contributed by atoms with Gasteiger partial charge in [0.2, 0.25) is 0 Å². The molecule has 1 fully saturated rings. The third-order valence-electron chi connectivity index (χ3n) is 5.75. The van der Waals surface area contributed by atoms with Crippen LogP contribution in [0.5, 0.6) is 0 Å². The van der Waals surface area contributed by atoms with Crippen molar-refractivity contribution in [3.8, 4) is 0 Å². The fraction of sp³-hybridized carbons (Fsp3) is 0.591. The van der Waals surface area contributed by atoms with Crippen LogP contribution in [-0.4, -0.2) is 35.0 Å². The molecule has 0 bridgehead atoms. The second-order valence-electron chi connectivity index (χ2n) is 8.30. The molecule has 5 atom stereocenters. The van der Waals surface area contributed by atoms with Crippen LogP contribution < -0.4 is 0 Å². The lowest BCUT2D eigenvalue weighted by molar-refractivity contribution is -0.0252. The number of carbonyl (C=O) groups is 1. The van der Waals surface area contributed by atoms with Gasteiger partial charge in [0.15, 0.2) is 0 Å². The first-order chi connectivity index (χ1) is 12.3. The lowest BCUT2D eigenvalue weighted by Crippen LogP contribution is -2.40. The third kappa shape index (κ3) is 4.18. The quantitative estimate of drug-likeness (QED) is 0.501. The van der Waals surface area contributed by atoms with Crippen LogP contribution in [0, 0.1) is 11.8 Å². The highest BCUT2D eigenvalue weighted by Crippen LogP contribution is 2.46. The number of aliphatic hydroxyl groups is 1. The lowest BCUT2D eigenvalue weighted by Gasteiger charge is -2.33. The molecular weight excluding hydrogens is 328 g/mol. The van der Waals surface area contributed by atoms with Gasteiger partial charge in [-0.05, 0) is 50.8 Å². The molecule has 1 N–H and O–H groups in total. The zero-order valence-corrected chi connectivity index (χ0v) is 16.1. The van der Waals surface area contributed by atoms with E-state index in [0.29, 0.717) is 12.0 Å². The van der Waals surface area contributed by atoms with E-state index >= 15 is 0 Å². The summed E-state index contributed by atoms with van der Waals surface area (Å²) in [7, 11) is 0. The summed E-state index contributed by atoms with van der Waals surface area (Å²) in [6.45, 7) is 8.28. The molecule has 0 saturated carbocycles. The van der Waals surface area contributed by atoms with Crippen molar-refractivity contribution >= 4 is 5.97 Å². The van der Waals surface area contributed by atoms with Gasteiger partial charge in [-0.1, -0.05) is 37.6 Å². The molecule has 1 heterocycles. The third-order valence-corrected chi connectivity index (χ3v) is 5.75. The van der Waals surface area contributed by atoms with Crippen molar-refractivity contribution in [2.24, 2.45) is 11.8 Å². The van der Waals surface area contributed by atoms with E-state index in [0.717, 1.165) is 12.8 Å². The number of hydrogen-bond acceptors (Lipinski definition) is 4. The van der Waals surface area contributed by atoms with Crippen LogP contribution in [0.2, 0.25) is 0 Å². The molecule has 1 aromatic rings. The van der Waals surface area contributed by atoms with Crippen LogP contribution in [0.15, 0.2) is 42.0 Å². The Labute approximate surface area is 156 Å². The second-order valence-corrected chi connectivity index (χ2v) is 8.30. The van der Waals surface area contributed by atoms with Gasteiger partial charge in [-0.15, -0.1) is 0 Å². The molecule has 4 heteroatoms. The molecule has 0 spiro atoms. The number of esters is 1. The van der Waals surface area contributed by atoms with E-state index in [1.54, 1.807) is 12.1 Å². The summed E-state index contributed by atoms with van der Waals surface area (Å²) in [4.78, 5) is 12.6. The van der Waals surface area contributed by atoms with Crippen molar-refractivity contribution < 1.29 is 19.4 Å². The number of benzene rings is 1. The van der Waals surface area contributed by atoms with Gasteiger partial charge >= 0.3 is 5.97 Å². The summed E-state index contributed by atoms with van der Waals surface area (Å²) in [6.07, 6.45) is 3.65. The minimum Gasteiger partial charge on any atom is -0.454 e. The zero-order chi connectivity index (χ0) is 18.9. The normalized spacial score (nSPS) is 36.6. The molecule has 26 heavy (non-hydrogen) atoms. The Hall–Kier alpha value is -1.65. The van der Waals surface area contributed by atoms with E-state index in [2.05, 4.69) is 27.7 Å². The molecule has 0 aromatic heterocycles. The largest absolute Gasteiger partial charge is 0.454 e. The molecule has 1 aliphatic heterocycles. The molecule has 4 nitrogen and oxygen atoms in total. The molecule has 2 aliphatic rings. The predicted molar refractivity (Wildman–Crippen MR) is 101 cm³/mol. The summed E-state index contributed by atoms with van der Waals surface area (Å²) in [5.41, 5.74) is 1.46. The number of aliphatic hydroxyl groups excluding tert-OH is 1. The van der Waals surface area contributed by atoms with Gasteiger partial charge in [0.25, 0.3) is 0 Å². The van der Waals surface area contributed by atoms with Gasteiger partial charge in [0.1, 0.15) is 6.10 Å². The molecule has 3 rings (SSSR count). The van der Waals surface area contributed by atoms with E-state index in [-0.39, 0.29) is 29.5 Å². The minimum absolute atomic E-state index is 0.169. The fourth-order valence-electron chi connectivity index (χ4n) is 4.14. The second kappa shape index (κ2) is 7.53. The van der Waals surface area contributed by atoms with Crippen LogP contribution in [0.4, 0.5) is 0 Å². The standard InChI is InChI=1S/C22H30O4/c1-14(2)20-17(23)13-22(4)19(26-22)11-10-15(3)12-18(20)25-21(24)16-8-6-5-7-9-16/h5-9,12,14,17-20,23H,10-11,13H2,1-4H3/b15-12+. The average Bonchev–Trinajstić information content (AvgIpc) is 3.22. The molecule has 1 saturated heterocycles. The number of rotatable bonds is 3. The number of ether oxygens (including phenoxy) is 2. The first-order valence-electron chi connectivity index (χ1n) is 9.59. The maximum Gasteiger partial charge on any atom is 0.338 e. The van der Waals surface area contributed by atoms with E-state index in [4.69, 9.17) is 9.47 Å². The van der Waals surface area contributed by atoms with Crippen molar-refractivity contribution in [2.75, 3.05) is 0 Å². The van der Waals surface area contributed by atoms with Crippen molar-refractivity contribution in [1.29, 1.82) is 0 Å². The topological polar surface area (TPSA) is 59.1 Å². The number of epoxide rings is 1. The van der Waals surface area contributed by atoms with Crippen molar-refractivity contribution in [2.45, 2.75) is 70.9 Å². The summed E-state index contributed by atoms with van der Waals surface area (Å²) < 4.78 is 11.8. The van der Waals surface area contributed by atoms with E-state index in [9.17, 15) is 9.90 Å². The fourth-order valence-corrected chi connectivity index (χ4v) is 4.14. The van der Waals surface area contributed by atoms with Crippen LogP contribution in [-0.2, 0) is 9.47 Å². The van der Waals surface area contributed by atoms with Crippen molar-refractivity contribution in [3.63, 3.8) is 0 Å². The SMILES string of the molecule is C/C1=C\C(OC(=O)c2ccccc2)C(C(C)C)C(O)CC2(C)OC2CC1. The average molecular weight is 358 g/mol. The van der Waals surface area contributed by atoms with Gasteiger partial charge in [-0.2, -0.15) is 0 Å². The maximum atomic E-state index is 12.6. The van der Waals surface area contributed by atoms with Crippen LogP contribution in [0.1, 0.15) is 57.3 Å². The maximum absolute atomic E-state index is 12.6. The zero-order valence-electron chi connectivity index (χ0n) is 16.1. The van der Waals surface area contributed by atoms with E-state index < -0.39 is 12.2 Å². The minimum atomic E-state index is -0.583. The highest BCUT2D eigenvalue weighted by atomic mass is 16.6. The molecule has 0 amide bonds. The first kappa shape index (κ1) is 19.1.